The molecule has 1 saturated heterocycles. The Labute approximate surface area is 115 Å². The molecule has 0 bridgehead atoms. The highest BCUT2D eigenvalue weighted by Crippen LogP contribution is 2.34. The van der Waals surface area contributed by atoms with Crippen LogP contribution in [0, 0.1) is 5.92 Å². The van der Waals surface area contributed by atoms with Gasteiger partial charge in [0, 0.05) is 18.2 Å². The third-order valence-corrected chi connectivity index (χ3v) is 4.08. The Hall–Kier alpha value is -0.830. The quantitative estimate of drug-likeness (QED) is 0.762. The molecule has 0 aromatic carbocycles. The molecule has 1 aliphatic rings. The lowest BCUT2D eigenvalue weighted by Gasteiger charge is -2.39. The van der Waals surface area contributed by atoms with Crippen LogP contribution in [0.1, 0.15) is 52.0 Å². The molecule has 2 rings (SSSR count). The molecule has 1 aromatic rings. The second-order valence-corrected chi connectivity index (χ2v) is 6.10. The number of hydrogen-bond donors (Lipinski definition) is 0. The van der Waals surface area contributed by atoms with Gasteiger partial charge in [-0.2, -0.15) is 0 Å². The number of aromatic nitrogens is 2. The fourth-order valence-corrected chi connectivity index (χ4v) is 3.02. The van der Waals surface area contributed by atoms with Gasteiger partial charge in [0.15, 0.2) is 0 Å². The van der Waals surface area contributed by atoms with Gasteiger partial charge in [-0.05, 0) is 31.6 Å². The first-order chi connectivity index (χ1) is 8.50. The highest BCUT2D eigenvalue weighted by Gasteiger charge is 2.27. The Bertz CT molecular complexity index is 420. The molecule has 3 nitrogen and oxygen atoms in total. The summed E-state index contributed by atoms with van der Waals surface area (Å²) in [5.74, 6) is 2.09. The van der Waals surface area contributed by atoms with Crippen LogP contribution in [0.15, 0.2) is 6.33 Å². The number of piperidine rings is 1. The van der Waals surface area contributed by atoms with Crippen molar-refractivity contribution in [3.8, 4) is 0 Å². The molecule has 2 atom stereocenters. The van der Waals surface area contributed by atoms with Crippen LogP contribution in [0.5, 0.6) is 0 Å². The van der Waals surface area contributed by atoms with E-state index in [2.05, 4.69) is 42.6 Å². The van der Waals surface area contributed by atoms with E-state index in [1.165, 1.54) is 12.8 Å². The van der Waals surface area contributed by atoms with E-state index in [-0.39, 0.29) is 0 Å². The monoisotopic (exact) mass is 267 g/mol. The summed E-state index contributed by atoms with van der Waals surface area (Å²) in [6, 6.07) is 0.532. The van der Waals surface area contributed by atoms with Gasteiger partial charge in [0.25, 0.3) is 0 Å². The second-order valence-electron chi connectivity index (χ2n) is 5.74. The third kappa shape index (κ3) is 2.61. The number of anilines is 1. The van der Waals surface area contributed by atoms with Crippen LogP contribution in [-0.2, 0) is 0 Å². The highest BCUT2D eigenvalue weighted by atomic mass is 35.5. The Kier molecular flexibility index (Phi) is 4.10. The zero-order valence-corrected chi connectivity index (χ0v) is 12.4. The van der Waals surface area contributed by atoms with E-state index in [0.717, 1.165) is 23.8 Å². The molecule has 0 N–H and O–H groups in total. The largest absolute Gasteiger partial charge is 0.353 e. The van der Waals surface area contributed by atoms with Crippen LogP contribution in [0.4, 0.5) is 5.82 Å². The molecule has 4 heteroatoms. The van der Waals surface area contributed by atoms with Gasteiger partial charge in [0.05, 0.1) is 0 Å². The molecule has 18 heavy (non-hydrogen) atoms. The lowest BCUT2D eigenvalue weighted by atomic mass is 9.94. The number of nitrogens with zero attached hydrogens (tertiary/aromatic N) is 3. The van der Waals surface area contributed by atoms with E-state index < -0.39 is 0 Å². The predicted octanol–water partition coefficient (Wildman–Crippen LogP) is 3.88. The molecular formula is C14H22ClN3. The molecule has 100 valence electrons. The average Bonchev–Trinajstić information content (AvgIpc) is 2.31. The lowest BCUT2D eigenvalue weighted by molar-refractivity contribution is 0.387. The van der Waals surface area contributed by atoms with Crippen LogP contribution < -0.4 is 4.90 Å². The average molecular weight is 268 g/mol. The normalized spacial score (nSPS) is 24.7. The van der Waals surface area contributed by atoms with E-state index in [1.54, 1.807) is 6.33 Å². The van der Waals surface area contributed by atoms with Crippen LogP contribution in [-0.4, -0.2) is 22.6 Å². The van der Waals surface area contributed by atoms with E-state index in [1.807, 2.05) is 0 Å². The van der Waals surface area contributed by atoms with Crippen molar-refractivity contribution >= 4 is 17.4 Å². The van der Waals surface area contributed by atoms with Crippen molar-refractivity contribution in [3.63, 3.8) is 0 Å². The minimum atomic E-state index is 0.345. The number of rotatable bonds is 2. The summed E-state index contributed by atoms with van der Waals surface area (Å²) in [4.78, 5) is 11.0. The van der Waals surface area contributed by atoms with Gasteiger partial charge >= 0.3 is 0 Å². The summed E-state index contributed by atoms with van der Waals surface area (Å²) in [5, 5.41) is 0.598. The van der Waals surface area contributed by atoms with Crippen molar-refractivity contribution in [1.29, 1.82) is 0 Å². The molecule has 0 radical (unpaired) electrons. The van der Waals surface area contributed by atoms with Gasteiger partial charge in [-0.15, -0.1) is 0 Å². The maximum absolute atomic E-state index is 6.25. The SMILES string of the molecule is CC1CCC(C)N(c2ncnc(Cl)c2C(C)C)C1. The number of halogens is 1. The summed E-state index contributed by atoms with van der Waals surface area (Å²) in [6.45, 7) is 9.93. The molecule has 1 fully saturated rings. The Morgan fingerprint density at radius 2 is 2.00 bits per heavy atom. The van der Waals surface area contributed by atoms with Gasteiger partial charge in [-0.25, -0.2) is 9.97 Å². The summed E-state index contributed by atoms with van der Waals surface area (Å²) in [6.07, 6.45) is 4.10. The lowest BCUT2D eigenvalue weighted by Crippen LogP contribution is -2.42. The first-order valence-electron chi connectivity index (χ1n) is 6.77. The van der Waals surface area contributed by atoms with E-state index >= 15 is 0 Å². The third-order valence-electron chi connectivity index (χ3n) is 3.78. The minimum absolute atomic E-state index is 0.345. The Morgan fingerprint density at radius 3 is 2.67 bits per heavy atom. The molecule has 0 saturated carbocycles. The van der Waals surface area contributed by atoms with Crippen LogP contribution in [0.2, 0.25) is 5.15 Å². The smallest absolute Gasteiger partial charge is 0.138 e. The van der Waals surface area contributed by atoms with Gasteiger partial charge in [-0.1, -0.05) is 32.4 Å². The van der Waals surface area contributed by atoms with Gasteiger partial charge in [0.2, 0.25) is 0 Å². The summed E-state index contributed by atoms with van der Waals surface area (Å²) in [5.41, 5.74) is 1.08. The van der Waals surface area contributed by atoms with Gasteiger partial charge < -0.3 is 4.90 Å². The maximum atomic E-state index is 6.25. The van der Waals surface area contributed by atoms with E-state index in [0.29, 0.717) is 17.1 Å². The minimum Gasteiger partial charge on any atom is -0.353 e. The van der Waals surface area contributed by atoms with Crippen molar-refractivity contribution in [2.24, 2.45) is 5.92 Å². The van der Waals surface area contributed by atoms with Crippen molar-refractivity contribution in [1.82, 2.24) is 9.97 Å². The molecule has 1 aliphatic heterocycles. The van der Waals surface area contributed by atoms with Crippen LogP contribution >= 0.6 is 11.6 Å². The van der Waals surface area contributed by atoms with Gasteiger partial charge in [0.1, 0.15) is 17.3 Å². The molecule has 2 unspecified atom stereocenters. The van der Waals surface area contributed by atoms with E-state index in [4.69, 9.17) is 11.6 Å². The van der Waals surface area contributed by atoms with Crippen LogP contribution in [0.3, 0.4) is 0 Å². The molecule has 0 amide bonds. The summed E-state index contributed by atoms with van der Waals surface area (Å²) < 4.78 is 0. The van der Waals surface area contributed by atoms with Crippen molar-refractivity contribution in [2.75, 3.05) is 11.4 Å². The predicted molar refractivity (Wildman–Crippen MR) is 76.3 cm³/mol. The standard InChI is InChI=1S/C14H22ClN3/c1-9(2)12-13(15)16-8-17-14(12)18-7-10(3)5-6-11(18)4/h8-11H,5-7H2,1-4H3. The first-order valence-corrected chi connectivity index (χ1v) is 7.15. The zero-order valence-electron chi connectivity index (χ0n) is 11.7. The summed E-state index contributed by atoms with van der Waals surface area (Å²) in [7, 11) is 0. The fraction of sp³-hybridized carbons (Fsp3) is 0.714. The molecular weight excluding hydrogens is 246 g/mol. The zero-order chi connectivity index (χ0) is 13.3. The Balaban J connectivity index is 2.40. The topological polar surface area (TPSA) is 29.0 Å². The maximum Gasteiger partial charge on any atom is 0.138 e. The van der Waals surface area contributed by atoms with Crippen LogP contribution in [0.25, 0.3) is 0 Å². The fourth-order valence-electron chi connectivity index (χ4n) is 2.67. The molecule has 1 aromatic heterocycles. The summed E-state index contributed by atoms with van der Waals surface area (Å²) >= 11 is 6.25. The van der Waals surface area contributed by atoms with Gasteiger partial charge in [-0.3, -0.25) is 0 Å². The Morgan fingerprint density at radius 1 is 1.28 bits per heavy atom. The highest BCUT2D eigenvalue weighted by molar-refractivity contribution is 6.30. The second kappa shape index (κ2) is 5.43. The van der Waals surface area contributed by atoms with Crippen molar-refractivity contribution in [3.05, 3.63) is 17.0 Å². The molecule has 0 spiro atoms. The van der Waals surface area contributed by atoms with E-state index in [9.17, 15) is 0 Å². The van der Waals surface area contributed by atoms with Crippen molar-refractivity contribution < 1.29 is 0 Å². The first kappa shape index (κ1) is 13.6. The van der Waals surface area contributed by atoms with Crippen molar-refractivity contribution in [2.45, 2.75) is 52.5 Å². The molecule has 2 heterocycles. The molecule has 0 aliphatic carbocycles. The number of hydrogen-bond acceptors (Lipinski definition) is 3.